The molecule has 0 aromatic rings. The van der Waals surface area contributed by atoms with Gasteiger partial charge in [0, 0.05) is 24.9 Å². The van der Waals surface area contributed by atoms with E-state index in [9.17, 15) is 0 Å². The Kier molecular flexibility index (Phi) is 1.92. The lowest BCUT2D eigenvalue weighted by molar-refractivity contribution is -0.125. The molecule has 3 aliphatic heterocycles. The summed E-state index contributed by atoms with van der Waals surface area (Å²) < 4.78 is 11.9. The lowest BCUT2D eigenvalue weighted by atomic mass is 9.88. The Morgan fingerprint density at radius 1 is 1.43 bits per heavy atom. The lowest BCUT2D eigenvalue weighted by Gasteiger charge is -2.31. The standard InChI is InChI=1S/C11H19NO2/c1-8(2)10-13-7-11(14-10)6-12-4-3-9(11)5-12/h8-10H,3-7H2,1-2H3. The van der Waals surface area contributed by atoms with Crippen molar-refractivity contribution in [2.45, 2.75) is 32.2 Å². The third-order valence-electron chi connectivity index (χ3n) is 3.89. The zero-order valence-corrected chi connectivity index (χ0v) is 9.03. The fourth-order valence-electron chi connectivity index (χ4n) is 3.06. The third-order valence-corrected chi connectivity index (χ3v) is 3.89. The van der Waals surface area contributed by atoms with E-state index < -0.39 is 0 Å². The molecule has 3 rings (SSSR count). The summed E-state index contributed by atoms with van der Waals surface area (Å²) in [6.45, 7) is 8.74. The Morgan fingerprint density at radius 3 is 2.79 bits per heavy atom. The van der Waals surface area contributed by atoms with E-state index >= 15 is 0 Å². The van der Waals surface area contributed by atoms with Crippen LogP contribution in [0.1, 0.15) is 20.3 Å². The molecular formula is C11H19NO2. The highest BCUT2D eigenvalue weighted by molar-refractivity contribution is 5.05. The third kappa shape index (κ3) is 1.16. The van der Waals surface area contributed by atoms with Crippen molar-refractivity contribution >= 4 is 0 Å². The van der Waals surface area contributed by atoms with Crippen LogP contribution in [0.2, 0.25) is 0 Å². The first-order chi connectivity index (χ1) is 6.70. The van der Waals surface area contributed by atoms with E-state index in [-0.39, 0.29) is 11.9 Å². The Balaban J connectivity index is 1.75. The minimum atomic E-state index is 0.0375. The number of nitrogens with zero attached hydrogens (tertiary/aromatic N) is 1. The van der Waals surface area contributed by atoms with Crippen molar-refractivity contribution in [2.75, 3.05) is 26.2 Å². The van der Waals surface area contributed by atoms with Gasteiger partial charge in [0.1, 0.15) is 5.60 Å². The maximum atomic E-state index is 6.14. The van der Waals surface area contributed by atoms with Crippen LogP contribution in [0.3, 0.4) is 0 Å². The molecule has 3 heterocycles. The maximum Gasteiger partial charge on any atom is 0.160 e. The van der Waals surface area contributed by atoms with Crippen LogP contribution in [-0.4, -0.2) is 43.0 Å². The van der Waals surface area contributed by atoms with E-state index in [1.165, 1.54) is 19.5 Å². The van der Waals surface area contributed by atoms with Crippen molar-refractivity contribution < 1.29 is 9.47 Å². The summed E-state index contributed by atoms with van der Waals surface area (Å²) in [5.41, 5.74) is 0.0627. The topological polar surface area (TPSA) is 21.7 Å². The summed E-state index contributed by atoms with van der Waals surface area (Å²) in [6.07, 6.45) is 1.34. The van der Waals surface area contributed by atoms with Crippen LogP contribution in [0.4, 0.5) is 0 Å². The van der Waals surface area contributed by atoms with Gasteiger partial charge < -0.3 is 9.47 Å². The second kappa shape index (κ2) is 2.94. The van der Waals surface area contributed by atoms with Gasteiger partial charge in [-0.1, -0.05) is 13.8 Å². The molecule has 14 heavy (non-hydrogen) atoms. The van der Waals surface area contributed by atoms with Crippen LogP contribution in [0, 0.1) is 11.8 Å². The molecule has 3 saturated heterocycles. The quantitative estimate of drug-likeness (QED) is 0.628. The number of ether oxygens (including phenoxy) is 2. The van der Waals surface area contributed by atoms with Gasteiger partial charge in [0.25, 0.3) is 0 Å². The monoisotopic (exact) mass is 197 g/mol. The summed E-state index contributed by atoms with van der Waals surface area (Å²) in [4.78, 5) is 2.51. The van der Waals surface area contributed by atoms with Gasteiger partial charge in [-0.3, -0.25) is 4.90 Å². The van der Waals surface area contributed by atoms with Crippen molar-refractivity contribution in [1.29, 1.82) is 0 Å². The molecule has 0 amide bonds. The van der Waals surface area contributed by atoms with Crippen LogP contribution in [0.25, 0.3) is 0 Å². The number of hydrogen-bond acceptors (Lipinski definition) is 3. The second-order valence-electron chi connectivity index (χ2n) is 5.33. The molecule has 3 nitrogen and oxygen atoms in total. The molecule has 4 atom stereocenters. The predicted molar refractivity (Wildman–Crippen MR) is 52.9 cm³/mol. The molecule has 0 saturated carbocycles. The van der Waals surface area contributed by atoms with E-state index in [1.807, 2.05) is 0 Å². The molecule has 3 heteroatoms. The Labute approximate surface area is 85.4 Å². The van der Waals surface area contributed by atoms with Gasteiger partial charge in [0.2, 0.25) is 0 Å². The molecule has 3 fully saturated rings. The van der Waals surface area contributed by atoms with Crippen molar-refractivity contribution in [3.8, 4) is 0 Å². The summed E-state index contributed by atoms with van der Waals surface area (Å²) >= 11 is 0. The van der Waals surface area contributed by atoms with Crippen LogP contribution in [-0.2, 0) is 9.47 Å². The van der Waals surface area contributed by atoms with Crippen LogP contribution >= 0.6 is 0 Å². The molecule has 0 radical (unpaired) electrons. The molecule has 2 bridgehead atoms. The van der Waals surface area contributed by atoms with E-state index in [4.69, 9.17) is 9.47 Å². The predicted octanol–water partition coefficient (Wildman–Crippen LogP) is 1.09. The number of rotatable bonds is 1. The Hall–Kier alpha value is -0.120. The Morgan fingerprint density at radius 2 is 2.29 bits per heavy atom. The summed E-state index contributed by atoms with van der Waals surface area (Å²) in [7, 11) is 0. The molecule has 0 N–H and O–H groups in total. The highest BCUT2D eigenvalue weighted by Gasteiger charge is 2.55. The van der Waals surface area contributed by atoms with E-state index in [0.717, 1.165) is 19.1 Å². The molecular weight excluding hydrogens is 178 g/mol. The van der Waals surface area contributed by atoms with E-state index in [0.29, 0.717) is 5.92 Å². The van der Waals surface area contributed by atoms with E-state index in [2.05, 4.69) is 18.7 Å². The zero-order valence-electron chi connectivity index (χ0n) is 9.03. The Bertz CT molecular complexity index is 243. The summed E-state index contributed by atoms with van der Waals surface area (Å²) in [6, 6.07) is 0. The minimum absolute atomic E-state index is 0.0375. The normalized spacial score (nSPS) is 51.2. The minimum Gasteiger partial charge on any atom is -0.349 e. The fraction of sp³-hybridized carbons (Fsp3) is 1.00. The highest BCUT2D eigenvalue weighted by atomic mass is 16.7. The zero-order chi connectivity index (χ0) is 9.76. The molecule has 4 unspecified atom stereocenters. The fourth-order valence-corrected chi connectivity index (χ4v) is 3.06. The highest BCUT2D eigenvalue weighted by Crippen LogP contribution is 2.44. The van der Waals surface area contributed by atoms with Gasteiger partial charge in [0.05, 0.1) is 6.61 Å². The first-order valence-corrected chi connectivity index (χ1v) is 5.71. The van der Waals surface area contributed by atoms with Crippen LogP contribution < -0.4 is 0 Å². The number of piperidine rings is 1. The van der Waals surface area contributed by atoms with Crippen molar-refractivity contribution in [3.63, 3.8) is 0 Å². The molecule has 1 spiro atoms. The largest absolute Gasteiger partial charge is 0.349 e. The average Bonchev–Trinajstić information content (AvgIpc) is 2.79. The molecule has 0 aromatic carbocycles. The molecule has 0 aliphatic carbocycles. The van der Waals surface area contributed by atoms with Crippen molar-refractivity contribution in [1.82, 2.24) is 4.90 Å². The second-order valence-corrected chi connectivity index (χ2v) is 5.33. The van der Waals surface area contributed by atoms with Gasteiger partial charge in [-0.25, -0.2) is 0 Å². The summed E-state index contributed by atoms with van der Waals surface area (Å²) in [5.74, 6) is 1.20. The molecule has 0 aromatic heterocycles. The number of hydrogen-bond donors (Lipinski definition) is 0. The number of fused-ring (bicyclic) bond motifs is 3. The summed E-state index contributed by atoms with van der Waals surface area (Å²) in [5, 5.41) is 0. The van der Waals surface area contributed by atoms with Gasteiger partial charge in [0.15, 0.2) is 6.29 Å². The molecule has 3 aliphatic rings. The SMILES string of the molecule is CC(C)C1OCC2(CN3CCC2C3)O1. The first-order valence-electron chi connectivity index (χ1n) is 5.71. The maximum absolute atomic E-state index is 6.14. The van der Waals surface area contributed by atoms with Crippen molar-refractivity contribution in [2.24, 2.45) is 11.8 Å². The van der Waals surface area contributed by atoms with Gasteiger partial charge >= 0.3 is 0 Å². The van der Waals surface area contributed by atoms with Gasteiger partial charge in [-0.05, 0) is 13.0 Å². The first kappa shape index (κ1) is 9.13. The van der Waals surface area contributed by atoms with Gasteiger partial charge in [-0.15, -0.1) is 0 Å². The average molecular weight is 197 g/mol. The lowest BCUT2D eigenvalue weighted by Crippen LogP contribution is -2.45. The van der Waals surface area contributed by atoms with Crippen molar-refractivity contribution in [3.05, 3.63) is 0 Å². The van der Waals surface area contributed by atoms with Crippen LogP contribution in [0.15, 0.2) is 0 Å². The molecule has 80 valence electrons. The van der Waals surface area contributed by atoms with Gasteiger partial charge in [-0.2, -0.15) is 0 Å². The van der Waals surface area contributed by atoms with E-state index in [1.54, 1.807) is 0 Å². The smallest absolute Gasteiger partial charge is 0.160 e. The van der Waals surface area contributed by atoms with Crippen LogP contribution in [0.5, 0.6) is 0 Å².